The van der Waals surface area contributed by atoms with Gasteiger partial charge in [0.15, 0.2) is 5.95 Å². The van der Waals surface area contributed by atoms with Crippen molar-refractivity contribution < 1.29 is 28.0 Å². The van der Waals surface area contributed by atoms with E-state index in [2.05, 4.69) is 30.5 Å². The molecule has 2 aromatic carbocycles. The Morgan fingerprint density at radius 1 is 1.16 bits per heavy atom. The van der Waals surface area contributed by atoms with Crippen LogP contribution in [0.4, 0.5) is 5.95 Å². The van der Waals surface area contributed by atoms with Crippen LogP contribution in [0.15, 0.2) is 64.9 Å². The third kappa shape index (κ3) is 6.83. The maximum Gasteiger partial charge on any atom is 0.323 e. The Kier molecular flexibility index (Phi) is 8.36. The first-order valence-corrected chi connectivity index (χ1v) is 13.3. The summed E-state index contributed by atoms with van der Waals surface area (Å²) >= 11 is 0. The molecule has 1 aliphatic heterocycles. The highest BCUT2D eigenvalue weighted by molar-refractivity contribution is 7.89. The Balaban J connectivity index is 1.25. The van der Waals surface area contributed by atoms with E-state index in [0.717, 1.165) is 25.1 Å². The van der Waals surface area contributed by atoms with Crippen LogP contribution in [0.5, 0.6) is 0 Å². The zero-order chi connectivity index (χ0) is 26.3. The maximum atomic E-state index is 13.0. The molecule has 2 unspecified atom stereocenters. The fourth-order valence-electron chi connectivity index (χ4n) is 3.91. The second kappa shape index (κ2) is 11.8. The summed E-state index contributed by atoms with van der Waals surface area (Å²) in [6.07, 6.45) is 5.16. The van der Waals surface area contributed by atoms with Gasteiger partial charge < -0.3 is 25.6 Å². The first-order chi connectivity index (χ1) is 17.8. The number of rotatable bonds is 13. The molecule has 4 rings (SSSR count). The molecule has 37 heavy (non-hydrogen) atoms. The summed E-state index contributed by atoms with van der Waals surface area (Å²) in [4.78, 5) is 36.5. The van der Waals surface area contributed by atoms with Crippen molar-refractivity contribution in [3.8, 4) is 0 Å². The first kappa shape index (κ1) is 26.1. The number of carbonyl (C=O) groups is 2. The fourth-order valence-corrected chi connectivity index (χ4v) is 5.33. The molecule has 3 aromatic rings. The molecular formula is C24H28N6O6S. The number of unbranched alkanes of at least 4 members (excludes halogenated alkanes) is 1. The topological polar surface area (TPSA) is 175 Å². The van der Waals surface area contributed by atoms with Gasteiger partial charge in [-0.05, 0) is 30.7 Å². The minimum Gasteiger partial charge on any atom is -0.480 e. The molecule has 2 heterocycles. The highest BCUT2D eigenvalue weighted by Crippen LogP contribution is 2.23. The lowest BCUT2D eigenvalue weighted by molar-refractivity contribution is -0.139. The van der Waals surface area contributed by atoms with Crippen LogP contribution < -0.4 is 15.4 Å². The number of imidazole rings is 1. The monoisotopic (exact) mass is 528 g/mol. The number of H-pyrrole nitrogens is 1. The van der Waals surface area contributed by atoms with Gasteiger partial charge in [-0.15, -0.1) is 0 Å². The fraction of sp³-hybridized carbons (Fsp3) is 0.333. The van der Waals surface area contributed by atoms with Crippen molar-refractivity contribution in [2.75, 3.05) is 18.4 Å². The molecule has 0 bridgehead atoms. The van der Waals surface area contributed by atoms with E-state index in [-0.39, 0.29) is 11.3 Å². The van der Waals surface area contributed by atoms with E-state index in [1.807, 2.05) is 0 Å². The highest BCUT2D eigenvalue weighted by atomic mass is 32.2. The second-order valence-electron chi connectivity index (χ2n) is 8.51. The second-order valence-corrected chi connectivity index (χ2v) is 10.2. The molecule has 1 amide bonds. The molecule has 0 aliphatic carbocycles. The molecule has 5 N–H and O–H groups in total. The number of nitrogens with one attached hydrogen (secondary N) is 4. The number of carbonyl (C=O) groups excluding carboxylic acids is 1. The Bertz CT molecular complexity index is 1370. The average molecular weight is 529 g/mol. The van der Waals surface area contributed by atoms with Gasteiger partial charge in [0.25, 0.3) is 5.91 Å². The average Bonchev–Trinajstić information content (AvgIpc) is 3.58. The van der Waals surface area contributed by atoms with Crippen molar-refractivity contribution in [1.29, 1.82) is 0 Å². The van der Waals surface area contributed by atoms with Crippen molar-refractivity contribution in [2.24, 2.45) is 5.16 Å². The molecule has 0 fully saturated rings. The van der Waals surface area contributed by atoms with E-state index < -0.39 is 40.6 Å². The smallest absolute Gasteiger partial charge is 0.323 e. The van der Waals surface area contributed by atoms with Crippen LogP contribution >= 0.6 is 0 Å². The minimum atomic E-state index is -4.18. The number of oxime groups is 1. The molecule has 12 nitrogen and oxygen atoms in total. The van der Waals surface area contributed by atoms with Crippen molar-refractivity contribution >= 4 is 44.3 Å². The standard InChI is InChI=1S/C24H28N6O6S/c31-22(20-14-17(29-36-20)8-3-4-11-25-24-26-12-13-27-24)28-15-19(23(32)33)30-37(34,35)21-10-5-7-16-6-1-2-9-18(16)21/h1-2,5-7,9-10,12-13,19-20,30H,3-4,8,11,14-15H2,(H,28,31)(H,32,33)(H2,25,26,27). The number of fused-ring (bicyclic) bond motifs is 1. The van der Waals surface area contributed by atoms with Gasteiger partial charge in [-0.1, -0.05) is 41.6 Å². The van der Waals surface area contributed by atoms with Crippen molar-refractivity contribution in [1.82, 2.24) is 20.0 Å². The molecule has 13 heteroatoms. The van der Waals surface area contributed by atoms with E-state index in [1.165, 1.54) is 6.07 Å². The summed E-state index contributed by atoms with van der Waals surface area (Å²) in [6.45, 7) is 0.280. The number of hydrogen-bond donors (Lipinski definition) is 5. The number of amides is 1. The molecule has 0 saturated heterocycles. The zero-order valence-electron chi connectivity index (χ0n) is 19.9. The molecule has 0 radical (unpaired) electrons. The Morgan fingerprint density at radius 3 is 2.76 bits per heavy atom. The van der Waals surface area contributed by atoms with E-state index >= 15 is 0 Å². The van der Waals surface area contributed by atoms with Gasteiger partial charge in [0.1, 0.15) is 6.04 Å². The predicted octanol–water partition coefficient (Wildman–Crippen LogP) is 1.84. The normalized spacial score (nSPS) is 16.1. The van der Waals surface area contributed by atoms with Crippen LogP contribution in [-0.4, -0.2) is 66.3 Å². The third-order valence-electron chi connectivity index (χ3n) is 5.82. The molecule has 0 saturated carbocycles. The van der Waals surface area contributed by atoms with Crippen LogP contribution in [0.2, 0.25) is 0 Å². The quantitative estimate of drug-likeness (QED) is 0.209. The van der Waals surface area contributed by atoms with Gasteiger partial charge in [-0.3, -0.25) is 9.59 Å². The van der Waals surface area contributed by atoms with Gasteiger partial charge >= 0.3 is 5.97 Å². The summed E-state index contributed by atoms with van der Waals surface area (Å²) in [5.41, 5.74) is 0.740. The molecule has 2 atom stereocenters. The largest absolute Gasteiger partial charge is 0.480 e. The number of aromatic amines is 1. The third-order valence-corrected chi connectivity index (χ3v) is 7.35. The summed E-state index contributed by atoms with van der Waals surface area (Å²) in [6, 6.07) is 10.1. The van der Waals surface area contributed by atoms with E-state index in [0.29, 0.717) is 23.1 Å². The number of hydrogen-bond acceptors (Lipinski definition) is 8. The SMILES string of the molecule is O=C(O)C(CNC(=O)C1CC(CCCCNc2ncc[nH]2)=NO1)NS(=O)(=O)c1cccc2ccccc12. The van der Waals surface area contributed by atoms with Crippen LogP contribution in [-0.2, 0) is 24.4 Å². The summed E-state index contributed by atoms with van der Waals surface area (Å²) in [7, 11) is -4.18. The number of benzene rings is 2. The predicted molar refractivity (Wildman–Crippen MR) is 137 cm³/mol. The molecule has 196 valence electrons. The lowest BCUT2D eigenvalue weighted by Crippen LogP contribution is -2.50. The minimum absolute atomic E-state index is 0.0419. The number of sulfonamides is 1. The van der Waals surface area contributed by atoms with Gasteiger partial charge in [0.2, 0.25) is 16.1 Å². The molecule has 0 spiro atoms. The van der Waals surface area contributed by atoms with E-state index in [9.17, 15) is 23.1 Å². The lowest BCUT2D eigenvalue weighted by Gasteiger charge is -2.17. The van der Waals surface area contributed by atoms with Gasteiger partial charge in [0, 0.05) is 37.3 Å². The Labute approximate surface area is 213 Å². The highest BCUT2D eigenvalue weighted by Gasteiger charge is 2.31. The van der Waals surface area contributed by atoms with Gasteiger partial charge in [-0.25, -0.2) is 13.4 Å². The Hall–Kier alpha value is -3.97. The zero-order valence-corrected chi connectivity index (χ0v) is 20.7. The maximum absolute atomic E-state index is 13.0. The van der Waals surface area contributed by atoms with E-state index in [4.69, 9.17) is 4.84 Å². The number of carboxylic acids is 1. The first-order valence-electron chi connectivity index (χ1n) is 11.8. The molecule has 1 aromatic heterocycles. The number of aromatic nitrogens is 2. The number of aliphatic carboxylic acids is 1. The number of nitrogens with zero attached hydrogens (tertiary/aromatic N) is 2. The van der Waals surface area contributed by atoms with Crippen molar-refractivity contribution in [3.05, 3.63) is 54.9 Å². The van der Waals surface area contributed by atoms with Crippen molar-refractivity contribution in [2.45, 2.75) is 42.7 Å². The van der Waals surface area contributed by atoms with E-state index in [1.54, 1.807) is 48.8 Å². The van der Waals surface area contributed by atoms with Gasteiger partial charge in [0.05, 0.1) is 10.6 Å². The summed E-state index contributed by atoms with van der Waals surface area (Å²) in [5.74, 6) is -1.28. The van der Waals surface area contributed by atoms with Crippen LogP contribution in [0.25, 0.3) is 10.8 Å². The lowest BCUT2D eigenvalue weighted by atomic mass is 10.1. The van der Waals surface area contributed by atoms with Crippen molar-refractivity contribution in [3.63, 3.8) is 0 Å². The molecule has 1 aliphatic rings. The van der Waals surface area contributed by atoms with Crippen LogP contribution in [0, 0.1) is 0 Å². The Morgan fingerprint density at radius 2 is 1.97 bits per heavy atom. The van der Waals surface area contributed by atoms with Crippen LogP contribution in [0.1, 0.15) is 25.7 Å². The van der Waals surface area contributed by atoms with Crippen LogP contribution in [0.3, 0.4) is 0 Å². The van der Waals surface area contributed by atoms with Gasteiger partial charge in [-0.2, -0.15) is 4.72 Å². The summed E-state index contributed by atoms with van der Waals surface area (Å²) < 4.78 is 28.1. The number of carboxylic acid groups (broad SMARTS) is 1. The number of anilines is 1. The summed E-state index contributed by atoms with van der Waals surface area (Å²) in [5, 5.41) is 20.3. The molecular weight excluding hydrogens is 500 g/mol.